The van der Waals surface area contributed by atoms with E-state index in [2.05, 4.69) is 10.1 Å². The maximum absolute atomic E-state index is 15.1. The summed E-state index contributed by atoms with van der Waals surface area (Å²) in [6, 6.07) is 5.46. The zero-order valence-corrected chi connectivity index (χ0v) is 22.3. The number of carbonyl (C=O) groups is 1. The second kappa shape index (κ2) is 10.2. The maximum Gasteiger partial charge on any atom is 0.341 e. The molecule has 0 saturated heterocycles. The SMILES string of the molecule is COc1cc2c(cc1Cc1cc(-c3noc(C)n3)cc(Cl)c1F)c(=O)c(C(=O)O)cn2[C@H](CO)C(C)(C)C. The monoisotopic (exact) mass is 543 g/mol. The number of nitrogens with zero attached hydrogens (tertiary/aromatic N) is 3. The molecule has 0 fully saturated rings. The molecule has 0 radical (unpaired) electrons. The molecule has 2 heterocycles. The van der Waals surface area contributed by atoms with E-state index < -0.39 is 34.2 Å². The Morgan fingerprint density at radius 3 is 2.50 bits per heavy atom. The van der Waals surface area contributed by atoms with Crippen LogP contribution in [-0.4, -0.2) is 44.6 Å². The number of benzene rings is 2. The molecule has 11 heteroatoms. The predicted molar refractivity (Wildman–Crippen MR) is 140 cm³/mol. The number of hydrogen-bond donors (Lipinski definition) is 2. The summed E-state index contributed by atoms with van der Waals surface area (Å²) < 4.78 is 27.3. The predicted octanol–water partition coefficient (Wildman–Crippen LogP) is 5.03. The fraction of sp³-hybridized carbons (Fsp3) is 0.333. The minimum atomic E-state index is -1.39. The number of aryl methyl sites for hydroxylation is 1. The van der Waals surface area contributed by atoms with Gasteiger partial charge in [0.2, 0.25) is 17.1 Å². The number of aliphatic hydroxyl groups is 1. The van der Waals surface area contributed by atoms with Crippen molar-refractivity contribution < 1.29 is 28.7 Å². The lowest BCUT2D eigenvalue weighted by Crippen LogP contribution is -2.30. The van der Waals surface area contributed by atoms with Gasteiger partial charge in [-0.3, -0.25) is 4.79 Å². The van der Waals surface area contributed by atoms with Crippen LogP contribution in [0.2, 0.25) is 5.02 Å². The van der Waals surface area contributed by atoms with E-state index in [4.69, 9.17) is 20.9 Å². The van der Waals surface area contributed by atoms with Gasteiger partial charge in [-0.1, -0.05) is 37.5 Å². The van der Waals surface area contributed by atoms with Crippen LogP contribution in [0, 0.1) is 18.2 Å². The topological polar surface area (TPSA) is 128 Å². The molecule has 4 rings (SSSR count). The summed E-state index contributed by atoms with van der Waals surface area (Å²) in [6.45, 7) is 7.02. The van der Waals surface area contributed by atoms with Crippen LogP contribution in [0.1, 0.15) is 54.2 Å². The van der Waals surface area contributed by atoms with E-state index in [9.17, 15) is 19.8 Å². The van der Waals surface area contributed by atoms with Crippen molar-refractivity contribution in [3.05, 3.63) is 74.1 Å². The van der Waals surface area contributed by atoms with Gasteiger partial charge in [0.1, 0.15) is 17.1 Å². The van der Waals surface area contributed by atoms with Gasteiger partial charge in [-0.25, -0.2) is 9.18 Å². The van der Waals surface area contributed by atoms with Crippen LogP contribution in [-0.2, 0) is 6.42 Å². The number of rotatable bonds is 7. The molecule has 0 aliphatic rings. The van der Waals surface area contributed by atoms with Gasteiger partial charge in [-0.05, 0) is 34.7 Å². The maximum atomic E-state index is 15.1. The van der Waals surface area contributed by atoms with Crippen molar-refractivity contribution in [2.45, 2.75) is 40.2 Å². The summed E-state index contributed by atoms with van der Waals surface area (Å²) in [4.78, 5) is 29.3. The highest BCUT2D eigenvalue weighted by Gasteiger charge is 2.29. The third-order valence-electron chi connectivity index (χ3n) is 6.44. The van der Waals surface area contributed by atoms with Gasteiger partial charge in [-0.15, -0.1) is 0 Å². The first kappa shape index (κ1) is 27.3. The average Bonchev–Trinajstić information content (AvgIpc) is 3.28. The van der Waals surface area contributed by atoms with Crippen molar-refractivity contribution in [2.75, 3.05) is 13.7 Å². The van der Waals surface area contributed by atoms with Crippen LogP contribution in [0.4, 0.5) is 4.39 Å². The lowest BCUT2D eigenvalue weighted by atomic mass is 9.86. The van der Waals surface area contributed by atoms with E-state index in [0.717, 1.165) is 0 Å². The summed E-state index contributed by atoms with van der Waals surface area (Å²) in [5, 5.41) is 23.7. The highest BCUT2D eigenvalue weighted by molar-refractivity contribution is 6.31. The van der Waals surface area contributed by atoms with Crippen molar-refractivity contribution in [3.8, 4) is 17.1 Å². The molecule has 2 aromatic carbocycles. The smallest absolute Gasteiger partial charge is 0.341 e. The number of halogens is 2. The van der Waals surface area contributed by atoms with Gasteiger partial charge in [0, 0.05) is 36.6 Å². The Labute approximate surface area is 222 Å². The second-order valence-electron chi connectivity index (χ2n) is 10.1. The summed E-state index contributed by atoms with van der Waals surface area (Å²) in [5.74, 6) is -1.14. The van der Waals surface area contributed by atoms with Gasteiger partial charge >= 0.3 is 5.97 Å². The highest BCUT2D eigenvalue weighted by atomic mass is 35.5. The van der Waals surface area contributed by atoms with Gasteiger partial charge in [0.15, 0.2) is 0 Å². The van der Waals surface area contributed by atoms with E-state index in [1.165, 1.54) is 31.5 Å². The van der Waals surface area contributed by atoms with E-state index >= 15 is 4.39 Å². The third kappa shape index (κ3) is 5.01. The molecule has 9 nitrogen and oxygen atoms in total. The lowest BCUT2D eigenvalue weighted by molar-refractivity contribution is 0.0692. The number of carboxylic acids is 1. The number of fused-ring (bicyclic) bond motifs is 1. The minimum absolute atomic E-state index is 0.0330. The molecule has 0 amide bonds. The van der Waals surface area contributed by atoms with Gasteiger partial charge in [0.05, 0.1) is 30.3 Å². The zero-order valence-electron chi connectivity index (χ0n) is 21.5. The van der Waals surface area contributed by atoms with E-state index in [-0.39, 0.29) is 34.8 Å². The number of pyridine rings is 1. The number of hydrogen-bond acceptors (Lipinski definition) is 7. The number of aliphatic hydroxyl groups excluding tert-OH is 1. The van der Waals surface area contributed by atoms with Crippen LogP contribution < -0.4 is 10.2 Å². The number of methoxy groups -OCH3 is 1. The van der Waals surface area contributed by atoms with Crippen LogP contribution in [0.5, 0.6) is 5.75 Å². The fourth-order valence-corrected chi connectivity index (χ4v) is 4.70. The van der Waals surface area contributed by atoms with Crippen LogP contribution in [0.3, 0.4) is 0 Å². The Bertz CT molecular complexity index is 1610. The Kier molecular flexibility index (Phi) is 7.31. The van der Waals surface area contributed by atoms with Crippen molar-refractivity contribution in [3.63, 3.8) is 0 Å². The molecule has 2 N–H and O–H groups in total. The number of aromatic nitrogens is 3. The standard InChI is InChI=1S/C27H27ClFN3O6/c1-13-30-25(31-38-13)16-7-15(23(29)19(28)9-16)6-14-8-17-20(10-21(14)37-5)32(22(12-33)27(2,3)4)11-18(24(17)34)26(35)36/h7-11,22,33H,6,12H2,1-5H3,(H,35,36)/t22-/m1/s1. The molecule has 0 unspecified atom stereocenters. The summed E-state index contributed by atoms with van der Waals surface area (Å²) in [5.41, 5.74) is -0.192. The zero-order chi connectivity index (χ0) is 27.9. The molecule has 0 bridgehead atoms. The summed E-state index contributed by atoms with van der Waals surface area (Å²) >= 11 is 6.17. The average molecular weight is 544 g/mol. The van der Waals surface area contributed by atoms with Crippen LogP contribution in [0.25, 0.3) is 22.3 Å². The van der Waals surface area contributed by atoms with Gasteiger partial charge in [0.25, 0.3) is 0 Å². The Morgan fingerprint density at radius 1 is 1.24 bits per heavy atom. The Hall–Kier alpha value is -3.76. The van der Waals surface area contributed by atoms with Crippen LogP contribution >= 0.6 is 11.6 Å². The Morgan fingerprint density at radius 2 is 1.95 bits per heavy atom. The largest absolute Gasteiger partial charge is 0.496 e. The van der Waals surface area contributed by atoms with Gasteiger partial charge < -0.3 is 24.0 Å². The Balaban J connectivity index is 1.95. The van der Waals surface area contributed by atoms with E-state index in [1.54, 1.807) is 17.6 Å². The molecular formula is C27H27ClFN3O6. The first-order valence-corrected chi connectivity index (χ1v) is 12.1. The number of ether oxygens (including phenoxy) is 1. The second-order valence-corrected chi connectivity index (χ2v) is 10.5. The molecule has 1 atom stereocenters. The number of aromatic carboxylic acids is 1. The third-order valence-corrected chi connectivity index (χ3v) is 6.72. The first-order valence-electron chi connectivity index (χ1n) is 11.7. The van der Waals surface area contributed by atoms with Crippen molar-refractivity contribution in [2.24, 2.45) is 5.41 Å². The molecule has 0 aliphatic carbocycles. The highest BCUT2D eigenvalue weighted by Crippen LogP contribution is 2.36. The quantitative estimate of drug-likeness (QED) is 0.332. The van der Waals surface area contributed by atoms with Crippen molar-refractivity contribution in [1.29, 1.82) is 0 Å². The summed E-state index contributed by atoms with van der Waals surface area (Å²) in [7, 11) is 1.44. The van der Waals surface area contributed by atoms with Gasteiger partial charge in [-0.2, -0.15) is 4.98 Å². The molecule has 0 saturated carbocycles. The van der Waals surface area contributed by atoms with E-state index in [0.29, 0.717) is 28.3 Å². The van der Waals surface area contributed by atoms with Crippen LogP contribution in [0.15, 0.2) is 39.8 Å². The lowest BCUT2D eigenvalue weighted by Gasteiger charge is -2.33. The normalized spacial score (nSPS) is 12.6. The molecule has 4 aromatic rings. The fourth-order valence-electron chi connectivity index (χ4n) is 4.46. The first-order chi connectivity index (χ1) is 17.8. The van der Waals surface area contributed by atoms with E-state index in [1.807, 2.05) is 20.8 Å². The molecule has 2 aromatic heterocycles. The van der Waals surface area contributed by atoms with Crippen molar-refractivity contribution in [1.82, 2.24) is 14.7 Å². The molecule has 38 heavy (non-hydrogen) atoms. The molecule has 0 aliphatic heterocycles. The van der Waals surface area contributed by atoms with Crippen molar-refractivity contribution >= 4 is 28.5 Å². The molecule has 200 valence electrons. The molecule has 0 spiro atoms. The minimum Gasteiger partial charge on any atom is -0.496 e. The number of carboxylic acid groups (broad SMARTS) is 1. The summed E-state index contributed by atoms with van der Waals surface area (Å²) in [6.07, 6.45) is 1.21. The molecular weight excluding hydrogens is 517 g/mol.